The van der Waals surface area contributed by atoms with E-state index in [9.17, 15) is 0 Å². The molecule has 0 bridgehead atoms. The zero-order valence-corrected chi connectivity index (χ0v) is 10.9. The van der Waals surface area contributed by atoms with Crippen molar-refractivity contribution in [3.8, 4) is 0 Å². The Bertz CT molecular complexity index is 193. The van der Waals surface area contributed by atoms with Crippen molar-refractivity contribution in [2.24, 2.45) is 23.6 Å². The monoisotopic (exact) mass is 224 g/mol. The average molecular weight is 224 g/mol. The molecule has 3 N–H and O–H groups in total. The lowest BCUT2D eigenvalue weighted by molar-refractivity contribution is 0.184. The maximum atomic E-state index is 5.65. The van der Waals surface area contributed by atoms with Gasteiger partial charge in [0, 0.05) is 6.04 Å². The van der Waals surface area contributed by atoms with E-state index in [1.807, 2.05) is 6.08 Å². The number of allylic oxidation sites excluding steroid dienone is 1. The van der Waals surface area contributed by atoms with Crippen LogP contribution in [0.25, 0.3) is 0 Å². The first-order valence-electron chi connectivity index (χ1n) is 6.76. The Morgan fingerprint density at radius 3 is 2.25 bits per heavy atom. The molecule has 94 valence electrons. The largest absolute Gasteiger partial charge is 0.271 e. The second kappa shape index (κ2) is 7.08. The van der Waals surface area contributed by atoms with Crippen LogP contribution in [-0.2, 0) is 0 Å². The molecule has 2 nitrogen and oxygen atoms in total. The molecular formula is C14H28N2. The summed E-state index contributed by atoms with van der Waals surface area (Å²) >= 11 is 0. The van der Waals surface area contributed by atoms with Crippen molar-refractivity contribution < 1.29 is 0 Å². The van der Waals surface area contributed by atoms with Crippen LogP contribution >= 0.6 is 0 Å². The van der Waals surface area contributed by atoms with E-state index in [-0.39, 0.29) is 0 Å². The van der Waals surface area contributed by atoms with Crippen LogP contribution in [0.4, 0.5) is 0 Å². The predicted octanol–water partition coefficient (Wildman–Crippen LogP) is 3.25. The molecule has 0 aliphatic heterocycles. The van der Waals surface area contributed by atoms with Crippen LogP contribution in [0.15, 0.2) is 12.7 Å². The number of nitrogens with two attached hydrogens (primary N) is 1. The predicted molar refractivity (Wildman–Crippen MR) is 70.8 cm³/mol. The number of rotatable bonds is 6. The van der Waals surface area contributed by atoms with Gasteiger partial charge >= 0.3 is 0 Å². The highest BCUT2D eigenvalue weighted by Gasteiger charge is 2.27. The Morgan fingerprint density at radius 2 is 1.81 bits per heavy atom. The van der Waals surface area contributed by atoms with E-state index in [0.29, 0.717) is 6.04 Å². The molecular weight excluding hydrogens is 196 g/mol. The summed E-state index contributed by atoms with van der Waals surface area (Å²) < 4.78 is 0. The molecule has 0 saturated heterocycles. The van der Waals surface area contributed by atoms with Crippen molar-refractivity contribution in [3.05, 3.63) is 12.7 Å². The second-order valence-electron chi connectivity index (χ2n) is 5.56. The first-order chi connectivity index (χ1) is 7.69. The van der Waals surface area contributed by atoms with Gasteiger partial charge in [-0.3, -0.25) is 11.3 Å². The van der Waals surface area contributed by atoms with Gasteiger partial charge in [0.25, 0.3) is 0 Å². The van der Waals surface area contributed by atoms with Crippen LogP contribution in [0.1, 0.15) is 52.4 Å². The summed E-state index contributed by atoms with van der Waals surface area (Å²) in [5, 5.41) is 0. The van der Waals surface area contributed by atoms with Gasteiger partial charge < -0.3 is 0 Å². The van der Waals surface area contributed by atoms with Gasteiger partial charge in [-0.1, -0.05) is 19.9 Å². The number of hydrogen-bond acceptors (Lipinski definition) is 2. The van der Waals surface area contributed by atoms with E-state index in [0.717, 1.165) is 30.6 Å². The van der Waals surface area contributed by atoms with Crippen molar-refractivity contribution in [2.45, 2.75) is 58.4 Å². The van der Waals surface area contributed by atoms with Gasteiger partial charge in [-0.15, -0.1) is 6.58 Å². The van der Waals surface area contributed by atoms with Crippen LogP contribution in [0.2, 0.25) is 0 Å². The van der Waals surface area contributed by atoms with Gasteiger partial charge in [0.05, 0.1) is 0 Å². The topological polar surface area (TPSA) is 38.0 Å². The summed E-state index contributed by atoms with van der Waals surface area (Å²) in [4.78, 5) is 0. The van der Waals surface area contributed by atoms with E-state index < -0.39 is 0 Å². The Balaban J connectivity index is 2.35. The highest BCUT2D eigenvalue weighted by molar-refractivity contribution is 4.83. The second-order valence-corrected chi connectivity index (χ2v) is 5.56. The van der Waals surface area contributed by atoms with Crippen LogP contribution in [0.5, 0.6) is 0 Å². The summed E-state index contributed by atoms with van der Waals surface area (Å²) in [6.07, 6.45) is 9.65. The third-order valence-electron chi connectivity index (χ3n) is 4.22. The molecule has 0 radical (unpaired) electrons. The van der Waals surface area contributed by atoms with Gasteiger partial charge in [0.1, 0.15) is 0 Å². The molecule has 1 fully saturated rings. The lowest BCUT2D eigenvalue weighted by Gasteiger charge is -2.35. The maximum absolute atomic E-state index is 5.65. The molecule has 0 spiro atoms. The minimum atomic E-state index is 0.492. The summed E-state index contributed by atoms with van der Waals surface area (Å²) in [6.45, 7) is 8.48. The molecule has 1 aliphatic rings. The normalized spacial score (nSPS) is 28.0. The molecule has 0 aromatic carbocycles. The fourth-order valence-corrected chi connectivity index (χ4v) is 2.97. The van der Waals surface area contributed by atoms with Crippen molar-refractivity contribution >= 4 is 0 Å². The fraction of sp³-hybridized carbons (Fsp3) is 0.857. The van der Waals surface area contributed by atoms with Crippen LogP contribution < -0.4 is 11.3 Å². The molecule has 0 amide bonds. The molecule has 0 aromatic rings. The molecule has 1 aliphatic carbocycles. The van der Waals surface area contributed by atoms with Gasteiger partial charge in [0.15, 0.2) is 0 Å². The molecule has 1 saturated carbocycles. The lowest BCUT2D eigenvalue weighted by atomic mass is 9.74. The molecule has 0 aromatic heterocycles. The van der Waals surface area contributed by atoms with Crippen molar-refractivity contribution in [1.82, 2.24) is 5.43 Å². The Labute approximate surface area is 101 Å². The van der Waals surface area contributed by atoms with Gasteiger partial charge in [0.2, 0.25) is 0 Å². The Kier molecular flexibility index (Phi) is 6.07. The van der Waals surface area contributed by atoms with Crippen molar-refractivity contribution in [1.29, 1.82) is 0 Å². The first-order valence-corrected chi connectivity index (χ1v) is 6.76. The summed E-state index contributed by atoms with van der Waals surface area (Å²) in [7, 11) is 0. The Morgan fingerprint density at radius 1 is 1.25 bits per heavy atom. The van der Waals surface area contributed by atoms with Crippen LogP contribution in [-0.4, -0.2) is 6.04 Å². The number of hydrogen-bond donors (Lipinski definition) is 2. The minimum absolute atomic E-state index is 0.492. The van der Waals surface area contributed by atoms with E-state index >= 15 is 0 Å². The summed E-state index contributed by atoms with van der Waals surface area (Å²) in [6, 6.07) is 0.492. The van der Waals surface area contributed by atoms with E-state index in [4.69, 9.17) is 5.84 Å². The molecule has 1 unspecified atom stereocenters. The van der Waals surface area contributed by atoms with Crippen molar-refractivity contribution in [3.63, 3.8) is 0 Å². The quantitative estimate of drug-likeness (QED) is 0.413. The van der Waals surface area contributed by atoms with E-state index in [1.165, 1.54) is 25.7 Å². The molecule has 1 atom stereocenters. The number of nitrogens with one attached hydrogen (secondary N) is 1. The van der Waals surface area contributed by atoms with Crippen LogP contribution in [0.3, 0.4) is 0 Å². The summed E-state index contributed by atoms with van der Waals surface area (Å²) in [5.74, 6) is 8.22. The smallest absolute Gasteiger partial charge is 0.0241 e. The van der Waals surface area contributed by atoms with Crippen LogP contribution in [0, 0.1) is 17.8 Å². The average Bonchev–Trinajstić information content (AvgIpc) is 2.30. The molecule has 2 heteroatoms. The standard InChI is InChI=1S/C14H28N2/c1-4-5-6-14(16-15)13-9-7-12(8-10-13)11(2)3/h4,11-14,16H,1,5-10,15H2,2-3H3. The molecule has 1 rings (SSSR count). The lowest BCUT2D eigenvalue weighted by Crippen LogP contribution is -2.42. The molecule has 0 heterocycles. The highest BCUT2D eigenvalue weighted by Crippen LogP contribution is 2.35. The van der Waals surface area contributed by atoms with Gasteiger partial charge in [-0.05, 0) is 56.3 Å². The highest BCUT2D eigenvalue weighted by atomic mass is 15.2. The minimum Gasteiger partial charge on any atom is -0.271 e. The van der Waals surface area contributed by atoms with Gasteiger partial charge in [-0.2, -0.15) is 0 Å². The van der Waals surface area contributed by atoms with Gasteiger partial charge in [-0.25, -0.2) is 0 Å². The fourth-order valence-electron chi connectivity index (χ4n) is 2.97. The van der Waals surface area contributed by atoms with E-state index in [2.05, 4.69) is 25.9 Å². The number of hydrazine groups is 1. The first kappa shape index (κ1) is 13.7. The Hall–Kier alpha value is -0.340. The SMILES string of the molecule is C=CCCC(NN)C1CCC(C(C)C)CC1. The van der Waals surface area contributed by atoms with Crippen molar-refractivity contribution in [2.75, 3.05) is 0 Å². The molecule has 16 heavy (non-hydrogen) atoms. The maximum Gasteiger partial charge on any atom is 0.0241 e. The third kappa shape index (κ3) is 3.91. The zero-order valence-electron chi connectivity index (χ0n) is 10.9. The third-order valence-corrected chi connectivity index (χ3v) is 4.22. The zero-order chi connectivity index (χ0) is 12.0. The summed E-state index contributed by atoms with van der Waals surface area (Å²) in [5.41, 5.74) is 3.00. The van der Waals surface area contributed by atoms with E-state index in [1.54, 1.807) is 0 Å².